The van der Waals surface area contributed by atoms with Crippen LogP contribution < -0.4 is 10.4 Å². The van der Waals surface area contributed by atoms with Crippen LogP contribution in [0, 0.1) is 0 Å². The molecule has 0 radical (unpaired) electrons. The minimum absolute atomic E-state index is 0.707. The van der Waals surface area contributed by atoms with Crippen molar-refractivity contribution in [1.29, 1.82) is 0 Å². The zero-order valence-corrected chi connectivity index (χ0v) is 20.9. The van der Waals surface area contributed by atoms with Crippen LogP contribution in [0.4, 0.5) is 0 Å². The van der Waals surface area contributed by atoms with Crippen molar-refractivity contribution in [2.24, 2.45) is 0 Å². The number of hydrogen-bond acceptors (Lipinski definition) is 0. The maximum atomic E-state index is 2.51. The smallest absolute Gasteiger partial charge is 0.0645 e. The van der Waals surface area contributed by atoms with Crippen LogP contribution >= 0.6 is 0 Å². The molecule has 2 heteroatoms. The summed E-state index contributed by atoms with van der Waals surface area (Å²) in [6.07, 6.45) is 0. The monoisotopic (exact) mass is 404 g/mol. The molecule has 4 rings (SSSR count). The first kappa shape index (κ1) is 19.9. The molecule has 28 heavy (non-hydrogen) atoms. The molecule has 0 amide bonds. The van der Waals surface area contributed by atoms with Crippen LogP contribution in [-0.4, -0.2) is 16.1 Å². The summed E-state index contributed by atoms with van der Waals surface area (Å²) < 4.78 is 0. The molecule has 0 atom stereocenters. The molecule has 0 aromatic heterocycles. The second kappa shape index (κ2) is 6.57. The van der Waals surface area contributed by atoms with E-state index in [9.17, 15) is 0 Å². The molecule has 0 spiro atoms. The Kier molecular flexibility index (Phi) is 4.67. The van der Waals surface area contributed by atoms with E-state index in [1.54, 1.807) is 21.5 Å². The van der Waals surface area contributed by atoms with Crippen LogP contribution in [0.25, 0.3) is 10.4 Å². The fourth-order valence-electron chi connectivity index (χ4n) is 7.25. The first-order chi connectivity index (χ1) is 13.2. The maximum Gasteiger partial charge on any atom is 0.124 e. The predicted octanol–water partition coefficient (Wildman–Crippen LogP) is 6.65. The van der Waals surface area contributed by atoms with Crippen molar-refractivity contribution >= 4 is 36.9 Å². The van der Waals surface area contributed by atoms with Crippen LogP contribution in [0.2, 0.25) is 22.2 Å². The fourth-order valence-corrected chi connectivity index (χ4v) is 21.2. The predicted molar refractivity (Wildman–Crippen MR) is 131 cm³/mol. The van der Waals surface area contributed by atoms with Gasteiger partial charge < -0.3 is 0 Å². The summed E-state index contributed by atoms with van der Waals surface area (Å²) in [5.41, 5.74) is 6.10. The molecular weight excluding hydrogens is 368 g/mol. The molecule has 2 aromatic rings. The van der Waals surface area contributed by atoms with Gasteiger partial charge in [-0.3, -0.25) is 0 Å². The molecule has 0 fully saturated rings. The van der Waals surface area contributed by atoms with E-state index in [4.69, 9.17) is 0 Å². The normalized spacial score (nSPS) is 19.0. The highest BCUT2D eigenvalue weighted by molar-refractivity contribution is 7.22. The van der Waals surface area contributed by atoms with Gasteiger partial charge in [0.25, 0.3) is 0 Å². The lowest BCUT2D eigenvalue weighted by atomic mass is 10.1. The molecular formula is C26H36Si2. The van der Waals surface area contributed by atoms with E-state index in [1.807, 2.05) is 10.4 Å². The van der Waals surface area contributed by atoms with E-state index >= 15 is 0 Å². The van der Waals surface area contributed by atoms with E-state index in [1.165, 1.54) is 0 Å². The van der Waals surface area contributed by atoms with Crippen molar-refractivity contribution in [3.05, 3.63) is 59.7 Å². The highest BCUT2D eigenvalue weighted by atomic mass is 28.3. The molecule has 0 bridgehead atoms. The highest BCUT2D eigenvalue weighted by Gasteiger charge is 2.62. The van der Waals surface area contributed by atoms with E-state index in [-0.39, 0.29) is 0 Å². The molecule has 2 aromatic carbocycles. The molecule has 0 N–H and O–H groups in total. The number of benzene rings is 2. The van der Waals surface area contributed by atoms with Gasteiger partial charge in [0, 0.05) is 0 Å². The largest absolute Gasteiger partial charge is 0.124 e. The molecule has 0 aliphatic carbocycles. The zero-order chi connectivity index (χ0) is 20.4. The standard InChI is InChI=1S/C26H36Si2/c1-17(2)27(18(3)4)23-15-11-9-13-21(23)26-25(27)22-14-10-12-16-24(22)28(26,19(5)6)20(7)8/h9-20H,1-8H3. The van der Waals surface area contributed by atoms with Gasteiger partial charge in [0.1, 0.15) is 16.1 Å². The van der Waals surface area contributed by atoms with Gasteiger partial charge in [-0.2, -0.15) is 0 Å². The quantitative estimate of drug-likeness (QED) is 0.500. The first-order valence-electron chi connectivity index (χ1n) is 11.2. The van der Waals surface area contributed by atoms with Crippen LogP contribution in [0.5, 0.6) is 0 Å². The Morgan fingerprint density at radius 1 is 0.464 bits per heavy atom. The molecule has 0 saturated heterocycles. The summed E-state index contributed by atoms with van der Waals surface area (Å²) in [5.74, 6) is 0. The van der Waals surface area contributed by atoms with Gasteiger partial charge in [0.2, 0.25) is 0 Å². The Morgan fingerprint density at radius 2 is 0.750 bits per heavy atom. The van der Waals surface area contributed by atoms with Crippen LogP contribution in [0.3, 0.4) is 0 Å². The SMILES string of the molecule is CC(C)[Si]1(C(C)C)C2=C(c3ccccc31)[Si](C(C)C)(C(C)C)c1ccccc12. The number of rotatable bonds is 4. The Morgan fingerprint density at radius 3 is 1.04 bits per heavy atom. The summed E-state index contributed by atoms with van der Waals surface area (Å²) >= 11 is 0. The van der Waals surface area contributed by atoms with E-state index < -0.39 is 16.1 Å². The third kappa shape index (κ3) is 2.11. The van der Waals surface area contributed by atoms with Crippen molar-refractivity contribution in [3.63, 3.8) is 0 Å². The van der Waals surface area contributed by atoms with Gasteiger partial charge in [-0.25, -0.2) is 0 Å². The van der Waals surface area contributed by atoms with Crippen molar-refractivity contribution < 1.29 is 0 Å². The van der Waals surface area contributed by atoms with Crippen LogP contribution in [-0.2, 0) is 0 Å². The van der Waals surface area contributed by atoms with Gasteiger partial charge in [-0.15, -0.1) is 0 Å². The Bertz CT molecular complexity index is 853. The van der Waals surface area contributed by atoms with Gasteiger partial charge in [-0.05, 0) is 54.1 Å². The molecule has 2 aliphatic rings. The van der Waals surface area contributed by atoms with E-state index in [0.29, 0.717) is 22.2 Å². The van der Waals surface area contributed by atoms with E-state index in [0.717, 1.165) is 0 Å². The number of hydrogen-bond donors (Lipinski definition) is 0. The van der Waals surface area contributed by atoms with Gasteiger partial charge in [-0.1, -0.05) is 104 Å². The van der Waals surface area contributed by atoms with Crippen molar-refractivity contribution in [2.45, 2.75) is 77.6 Å². The lowest BCUT2D eigenvalue weighted by Crippen LogP contribution is -2.55. The topological polar surface area (TPSA) is 0 Å². The Labute approximate surface area is 174 Å². The Hall–Kier alpha value is -1.39. The summed E-state index contributed by atoms with van der Waals surface area (Å²) in [5, 5.41) is 7.14. The number of fused-ring (bicyclic) bond motifs is 4. The average molecular weight is 405 g/mol. The minimum atomic E-state index is -1.86. The molecule has 0 saturated carbocycles. The second-order valence-corrected chi connectivity index (χ2v) is 20.4. The van der Waals surface area contributed by atoms with Gasteiger partial charge in [0.05, 0.1) is 0 Å². The third-order valence-electron chi connectivity index (χ3n) is 8.00. The lowest BCUT2D eigenvalue weighted by Gasteiger charge is -2.41. The van der Waals surface area contributed by atoms with Crippen molar-refractivity contribution in [3.8, 4) is 0 Å². The van der Waals surface area contributed by atoms with Crippen molar-refractivity contribution in [2.75, 3.05) is 0 Å². The fraction of sp³-hybridized carbons (Fsp3) is 0.462. The summed E-state index contributed by atoms with van der Waals surface area (Å²) in [6, 6.07) is 19.1. The molecule has 0 unspecified atom stereocenters. The van der Waals surface area contributed by atoms with Crippen LogP contribution in [0.15, 0.2) is 48.5 Å². The maximum absolute atomic E-state index is 2.51. The molecule has 2 heterocycles. The molecule has 148 valence electrons. The summed E-state index contributed by atoms with van der Waals surface area (Å²) in [4.78, 5) is 0. The second-order valence-electron chi connectivity index (χ2n) is 10.2. The van der Waals surface area contributed by atoms with E-state index in [2.05, 4.69) is 104 Å². The zero-order valence-electron chi connectivity index (χ0n) is 18.9. The molecule has 0 nitrogen and oxygen atoms in total. The van der Waals surface area contributed by atoms with Gasteiger partial charge >= 0.3 is 0 Å². The van der Waals surface area contributed by atoms with Crippen LogP contribution in [0.1, 0.15) is 66.5 Å². The summed E-state index contributed by atoms with van der Waals surface area (Å²) in [7, 11) is -3.71. The minimum Gasteiger partial charge on any atom is -0.0645 e. The van der Waals surface area contributed by atoms with Gasteiger partial charge in [0.15, 0.2) is 0 Å². The molecule has 2 aliphatic heterocycles. The third-order valence-corrected chi connectivity index (χ3v) is 20.9. The lowest BCUT2D eigenvalue weighted by molar-refractivity contribution is 0.930. The Balaban J connectivity index is 2.24. The first-order valence-corrected chi connectivity index (χ1v) is 15.5. The highest BCUT2D eigenvalue weighted by Crippen LogP contribution is 2.59. The average Bonchev–Trinajstić information content (AvgIpc) is 3.11. The summed E-state index contributed by atoms with van der Waals surface area (Å²) in [6.45, 7) is 20.1. The van der Waals surface area contributed by atoms with Crippen molar-refractivity contribution in [1.82, 2.24) is 0 Å².